The van der Waals surface area contributed by atoms with Gasteiger partial charge < -0.3 is 4.89 Å². The number of hydrogen-bond donors (Lipinski definition) is 1. The Balaban J connectivity index is 0.000000307. The van der Waals surface area contributed by atoms with E-state index in [2.05, 4.69) is 80.4 Å². The van der Waals surface area contributed by atoms with Gasteiger partial charge in [-0.3, -0.25) is 0 Å². The summed E-state index contributed by atoms with van der Waals surface area (Å²) >= 11 is 0. The van der Waals surface area contributed by atoms with Crippen molar-refractivity contribution < 1.29 is 10.1 Å². The van der Waals surface area contributed by atoms with Crippen molar-refractivity contribution in [1.82, 2.24) is 0 Å². The van der Waals surface area contributed by atoms with E-state index in [1.54, 1.807) is 6.08 Å². The zero-order valence-electron chi connectivity index (χ0n) is 14.8. The molecule has 128 valence electrons. The van der Waals surface area contributed by atoms with Crippen molar-refractivity contribution in [1.29, 1.82) is 0 Å². The molecule has 2 aromatic carbocycles. The van der Waals surface area contributed by atoms with Crippen LogP contribution in [0.3, 0.4) is 0 Å². The maximum Gasteiger partial charge on any atom is 0.135 e. The van der Waals surface area contributed by atoms with Crippen molar-refractivity contribution >= 4 is 0 Å². The van der Waals surface area contributed by atoms with E-state index in [1.165, 1.54) is 22.3 Å². The maximum absolute atomic E-state index is 7.93. The van der Waals surface area contributed by atoms with Crippen LogP contribution in [0.25, 0.3) is 11.1 Å². The molecule has 0 aliphatic carbocycles. The lowest BCUT2D eigenvalue weighted by Crippen LogP contribution is -1.83. The molecule has 0 saturated carbocycles. The highest BCUT2D eigenvalue weighted by molar-refractivity contribution is 5.63. The van der Waals surface area contributed by atoms with Crippen LogP contribution in [0.1, 0.15) is 37.8 Å². The fourth-order valence-corrected chi connectivity index (χ4v) is 2.17. The molecule has 0 aromatic heterocycles. The quantitative estimate of drug-likeness (QED) is 0.275. The van der Waals surface area contributed by atoms with Crippen molar-refractivity contribution in [2.24, 2.45) is 0 Å². The van der Waals surface area contributed by atoms with Crippen LogP contribution < -0.4 is 0 Å². The molecule has 0 heterocycles. The average Bonchev–Trinajstić information content (AvgIpc) is 2.66. The van der Waals surface area contributed by atoms with Gasteiger partial charge in [0.05, 0.1) is 0 Å². The lowest BCUT2D eigenvalue weighted by Gasteiger charge is -2.04. The smallest absolute Gasteiger partial charge is 0.135 e. The largest absolute Gasteiger partial charge is 0.345 e. The molecule has 0 aliphatic rings. The molecule has 0 unspecified atom stereocenters. The van der Waals surface area contributed by atoms with Gasteiger partial charge in [-0.05, 0) is 41.5 Å². The maximum atomic E-state index is 7.93. The molecule has 0 bridgehead atoms. The van der Waals surface area contributed by atoms with Gasteiger partial charge in [0.1, 0.15) is 5.76 Å². The van der Waals surface area contributed by atoms with Crippen molar-refractivity contribution in [3.05, 3.63) is 84.7 Å². The zero-order valence-corrected chi connectivity index (χ0v) is 14.8. The summed E-state index contributed by atoms with van der Waals surface area (Å²) in [5, 5.41) is 7.93. The van der Waals surface area contributed by atoms with E-state index in [1.807, 2.05) is 0 Å². The third-order valence-electron chi connectivity index (χ3n) is 3.81. The molecule has 24 heavy (non-hydrogen) atoms. The summed E-state index contributed by atoms with van der Waals surface area (Å²) in [7, 11) is 0. The third-order valence-corrected chi connectivity index (χ3v) is 3.81. The van der Waals surface area contributed by atoms with Gasteiger partial charge in [-0.1, -0.05) is 75.0 Å². The molecule has 0 atom stereocenters. The van der Waals surface area contributed by atoms with E-state index in [0.29, 0.717) is 12.2 Å². The first-order valence-electron chi connectivity index (χ1n) is 8.42. The minimum atomic E-state index is 0.380. The Kier molecular flexibility index (Phi) is 9.25. The van der Waals surface area contributed by atoms with Crippen molar-refractivity contribution in [3.63, 3.8) is 0 Å². The summed E-state index contributed by atoms with van der Waals surface area (Å²) < 4.78 is 0. The Hall–Kier alpha value is -2.32. The predicted octanol–water partition coefficient (Wildman–Crippen LogP) is 6.43. The Morgan fingerprint density at radius 3 is 1.62 bits per heavy atom. The van der Waals surface area contributed by atoms with Gasteiger partial charge in [-0.15, -0.1) is 6.58 Å². The molecule has 0 aliphatic heterocycles. The van der Waals surface area contributed by atoms with Crippen LogP contribution in [0.5, 0.6) is 0 Å². The van der Waals surface area contributed by atoms with E-state index in [9.17, 15) is 0 Å². The number of benzene rings is 2. The van der Waals surface area contributed by atoms with E-state index in [-0.39, 0.29) is 0 Å². The second kappa shape index (κ2) is 11.3. The first-order valence-corrected chi connectivity index (χ1v) is 8.42. The van der Waals surface area contributed by atoms with E-state index in [0.717, 1.165) is 19.3 Å². The Morgan fingerprint density at radius 1 is 0.917 bits per heavy atom. The topological polar surface area (TPSA) is 29.5 Å². The lowest BCUT2D eigenvalue weighted by atomic mass is 10.0. The third kappa shape index (κ3) is 6.84. The van der Waals surface area contributed by atoms with Gasteiger partial charge in [0.2, 0.25) is 0 Å². The molecule has 2 aromatic rings. The van der Waals surface area contributed by atoms with Gasteiger partial charge in [0.25, 0.3) is 0 Å². The number of rotatable bonds is 7. The van der Waals surface area contributed by atoms with E-state index >= 15 is 0 Å². The fourth-order valence-electron chi connectivity index (χ4n) is 2.17. The Morgan fingerprint density at radius 2 is 1.33 bits per heavy atom. The second-order valence-electron chi connectivity index (χ2n) is 5.56. The normalized spacial score (nSPS) is 9.62. The molecule has 0 fully saturated rings. The van der Waals surface area contributed by atoms with Crippen LogP contribution in [0.2, 0.25) is 0 Å². The Bertz CT molecular complexity index is 564. The highest BCUT2D eigenvalue weighted by atomic mass is 17.1. The minimum absolute atomic E-state index is 0.380. The van der Waals surface area contributed by atoms with E-state index < -0.39 is 0 Å². The highest BCUT2D eigenvalue weighted by Crippen LogP contribution is 2.20. The first-order chi connectivity index (χ1) is 11.6. The number of hydrogen-bond acceptors (Lipinski definition) is 2. The summed E-state index contributed by atoms with van der Waals surface area (Å²) in [5.41, 5.74) is 5.41. The van der Waals surface area contributed by atoms with Gasteiger partial charge in [0, 0.05) is 6.42 Å². The Labute approximate surface area is 146 Å². The average molecular weight is 324 g/mol. The standard InChI is InChI=1S/C16H18.C6H10O2/c1-3-13-5-9-15(10-6-13)16-11-7-14(4-2)8-12-16;1-3-4-5-6(2)8-7/h5-12H,3-4H2,1-2H3;3,7H,1-2,4-5H2. The molecule has 1 N–H and O–H groups in total. The van der Waals surface area contributed by atoms with Crippen molar-refractivity contribution in [3.8, 4) is 11.1 Å². The van der Waals surface area contributed by atoms with Crippen LogP contribution in [0, 0.1) is 0 Å². The first kappa shape index (κ1) is 19.7. The highest BCUT2D eigenvalue weighted by Gasteiger charge is 1.97. The van der Waals surface area contributed by atoms with Crippen LogP contribution in [-0.4, -0.2) is 5.26 Å². The van der Waals surface area contributed by atoms with Gasteiger partial charge >= 0.3 is 0 Å². The SMILES string of the molecule is C=CCCC(=C)OO.CCc1ccc(-c2ccc(CC)cc2)cc1. The summed E-state index contributed by atoms with van der Waals surface area (Å²) in [6.45, 7) is 11.3. The van der Waals surface area contributed by atoms with Crippen molar-refractivity contribution in [2.75, 3.05) is 0 Å². The monoisotopic (exact) mass is 324 g/mol. The van der Waals surface area contributed by atoms with Gasteiger partial charge in [-0.25, -0.2) is 5.26 Å². The van der Waals surface area contributed by atoms with Crippen LogP contribution >= 0.6 is 0 Å². The lowest BCUT2D eigenvalue weighted by molar-refractivity contribution is -0.205. The summed E-state index contributed by atoms with van der Waals surface area (Å²) in [6, 6.07) is 17.7. The van der Waals surface area contributed by atoms with Crippen molar-refractivity contribution in [2.45, 2.75) is 39.5 Å². The molecular formula is C22H28O2. The molecule has 0 amide bonds. The summed E-state index contributed by atoms with van der Waals surface area (Å²) in [6.07, 6.45) is 5.38. The molecule has 2 rings (SSSR count). The summed E-state index contributed by atoms with van der Waals surface area (Å²) in [5.74, 6) is 0.380. The molecule has 0 spiro atoms. The minimum Gasteiger partial charge on any atom is -0.345 e. The molecule has 0 saturated heterocycles. The fraction of sp³-hybridized carbons (Fsp3) is 0.273. The second-order valence-corrected chi connectivity index (χ2v) is 5.56. The van der Waals surface area contributed by atoms with Gasteiger partial charge in [0.15, 0.2) is 0 Å². The number of aryl methyl sites for hydroxylation is 2. The molecular weight excluding hydrogens is 296 g/mol. The predicted molar refractivity (Wildman–Crippen MR) is 103 cm³/mol. The number of allylic oxidation sites excluding steroid dienone is 2. The van der Waals surface area contributed by atoms with Crippen LogP contribution in [0.4, 0.5) is 0 Å². The van der Waals surface area contributed by atoms with Crippen LogP contribution in [-0.2, 0) is 17.7 Å². The summed E-state index contributed by atoms with van der Waals surface area (Å²) in [4.78, 5) is 3.81. The van der Waals surface area contributed by atoms with E-state index in [4.69, 9.17) is 5.26 Å². The molecule has 2 nitrogen and oxygen atoms in total. The molecule has 0 radical (unpaired) electrons. The molecule has 2 heteroatoms. The van der Waals surface area contributed by atoms with Gasteiger partial charge in [-0.2, -0.15) is 0 Å². The zero-order chi connectivity index (χ0) is 17.8. The van der Waals surface area contributed by atoms with Crippen LogP contribution in [0.15, 0.2) is 73.5 Å².